The van der Waals surface area contributed by atoms with Gasteiger partial charge in [0.2, 0.25) is 5.91 Å². The van der Waals surface area contributed by atoms with Crippen molar-refractivity contribution in [3.63, 3.8) is 0 Å². The summed E-state index contributed by atoms with van der Waals surface area (Å²) in [5, 5.41) is 23.8. The van der Waals surface area contributed by atoms with Crippen molar-refractivity contribution in [2.45, 2.75) is 264 Å². The summed E-state index contributed by atoms with van der Waals surface area (Å²) in [4.78, 5) is 26.1. The zero-order chi connectivity index (χ0) is 46.7. The Morgan fingerprint density at radius 3 is 1.34 bits per heavy atom. The number of hydrogen-bond donors (Lipinski definition) is 3. The van der Waals surface area contributed by atoms with Crippen molar-refractivity contribution >= 4 is 11.9 Å². The van der Waals surface area contributed by atoms with Crippen LogP contribution in [-0.2, 0) is 14.3 Å². The largest absolute Gasteiger partial charge is 0.458 e. The summed E-state index contributed by atoms with van der Waals surface area (Å²) in [6.07, 6.45) is 66.7. The number of unbranched alkanes of at least 4 members (excludes halogenated alkanes) is 23. The van der Waals surface area contributed by atoms with Gasteiger partial charge in [-0.05, 0) is 83.1 Å². The van der Waals surface area contributed by atoms with Crippen molar-refractivity contribution in [2.24, 2.45) is 0 Å². The number of nitrogens with one attached hydrogen (secondary N) is 1. The van der Waals surface area contributed by atoms with Gasteiger partial charge >= 0.3 is 5.97 Å². The second kappa shape index (κ2) is 51.0. The minimum atomic E-state index is -0.825. The van der Waals surface area contributed by atoms with Gasteiger partial charge in [0.15, 0.2) is 0 Å². The number of carbonyl (C=O) groups excluding carboxylic acids is 2. The van der Waals surface area contributed by atoms with Crippen molar-refractivity contribution in [1.82, 2.24) is 5.32 Å². The molecular weight excluding hydrogens is 791 g/mol. The van der Waals surface area contributed by atoms with Crippen molar-refractivity contribution < 1.29 is 24.5 Å². The lowest BCUT2D eigenvalue weighted by atomic mass is 10.0. The number of hydrogen-bond acceptors (Lipinski definition) is 5. The summed E-state index contributed by atoms with van der Waals surface area (Å²) in [6.45, 7) is 6.31. The fourth-order valence-electron chi connectivity index (χ4n) is 7.66. The van der Waals surface area contributed by atoms with Crippen molar-refractivity contribution in [3.8, 4) is 0 Å². The van der Waals surface area contributed by atoms with E-state index in [1.165, 1.54) is 116 Å². The predicted molar refractivity (Wildman–Crippen MR) is 278 cm³/mol. The molecule has 6 nitrogen and oxygen atoms in total. The second-order valence-electron chi connectivity index (χ2n) is 17.9. The maximum absolute atomic E-state index is 13.2. The molecule has 368 valence electrons. The van der Waals surface area contributed by atoms with E-state index in [1.54, 1.807) is 6.08 Å². The number of esters is 1. The zero-order valence-corrected chi connectivity index (χ0v) is 41.9. The maximum atomic E-state index is 13.2. The highest BCUT2D eigenvalue weighted by Crippen LogP contribution is 2.16. The molecule has 64 heavy (non-hydrogen) atoms. The van der Waals surface area contributed by atoms with E-state index in [1.807, 2.05) is 6.08 Å². The van der Waals surface area contributed by atoms with Crippen LogP contribution in [0.1, 0.15) is 245 Å². The molecule has 0 aliphatic carbocycles. The second-order valence-corrected chi connectivity index (χ2v) is 17.9. The van der Waals surface area contributed by atoms with Crippen molar-refractivity contribution in [2.75, 3.05) is 6.61 Å². The van der Waals surface area contributed by atoms with Crippen LogP contribution in [0.5, 0.6) is 0 Å². The molecule has 0 aliphatic rings. The molecule has 0 spiro atoms. The molecule has 0 aliphatic heterocycles. The van der Waals surface area contributed by atoms with Gasteiger partial charge in [0.1, 0.15) is 6.10 Å². The number of ether oxygens (including phenoxy) is 1. The molecule has 3 N–H and O–H groups in total. The van der Waals surface area contributed by atoms with E-state index in [2.05, 4.69) is 99.0 Å². The predicted octanol–water partition coefficient (Wildman–Crippen LogP) is 16.3. The van der Waals surface area contributed by atoms with Gasteiger partial charge in [-0.1, -0.05) is 235 Å². The number of carbonyl (C=O) groups is 2. The monoisotopic (exact) mass is 892 g/mol. The molecule has 0 aromatic carbocycles. The number of aliphatic hydroxyl groups is 2. The van der Waals surface area contributed by atoms with Gasteiger partial charge in [-0.15, -0.1) is 0 Å². The molecular formula is C58H101NO5. The summed E-state index contributed by atoms with van der Waals surface area (Å²) in [5.41, 5.74) is 0. The van der Waals surface area contributed by atoms with Crippen molar-refractivity contribution in [1.29, 1.82) is 0 Å². The van der Waals surface area contributed by atoms with Crippen LogP contribution in [0.15, 0.2) is 85.1 Å². The summed E-state index contributed by atoms with van der Waals surface area (Å²) in [6, 6.07) is -0.748. The number of amides is 1. The normalized spacial score (nSPS) is 13.9. The molecule has 0 saturated heterocycles. The number of allylic oxidation sites excluding steroid dienone is 13. The first-order valence-electron chi connectivity index (χ1n) is 26.8. The van der Waals surface area contributed by atoms with E-state index in [4.69, 9.17) is 4.74 Å². The fraction of sp³-hybridized carbons (Fsp3) is 0.724. The smallest absolute Gasteiger partial charge is 0.306 e. The van der Waals surface area contributed by atoms with Crippen LogP contribution in [0.4, 0.5) is 0 Å². The Morgan fingerprint density at radius 1 is 0.484 bits per heavy atom. The van der Waals surface area contributed by atoms with Gasteiger partial charge in [-0.25, -0.2) is 0 Å². The van der Waals surface area contributed by atoms with Gasteiger partial charge in [-0.3, -0.25) is 9.59 Å². The SMILES string of the molecule is CC/C=C\C/C=C\C/C=C\C/C=C\C/C=C\C/C=C\C(CC(=O)NC(CO)C(O)CCCCCCCCCCCCCCCCCC)OC(=O)CCCCCCC/C=C\CCCCC. The average molecular weight is 892 g/mol. The minimum Gasteiger partial charge on any atom is -0.458 e. The summed E-state index contributed by atoms with van der Waals surface area (Å²) < 4.78 is 5.82. The lowest BCUT2D eigenvalue weighted by molar-refractivity contribution is -0.148. The van der Waals surface area contributed by atoms with E-state index in [-0.39, 0.29) is 24.9 Å². The Morgan fingerprint density at radius 2 is 0.875 bits per heavy atom. The van der Waals surface area contributed by atoms with Gasteiger partial charge in [0.25, 0.3) is 0 Å². The summed E-state index contributed by atoms with van der Waals surface area (Å²) >= 11 is 0. The fourth-order valence-corrected chi connectivity index (χ4v) is 7.66. The molecule has 0 aromatic heterocycles. The van der Waals surface area contributed by atoms with E-state index in [9.17, 15) is 19.8 Å². The standard InChI is InChI=1S/C58H101NO5/c1-4-7-10-13-16-19-22-25-27-29-30-32-34-37-40-43-46-49-54(64-58(63)51-48-45-42-39-36-24-21-18-15-12-9-6-3)52-57(62)59-55(53-60)56(61)50-47-44-41-38-35-33-31-28-26-23-20-17-14-11-8-5-2/h7,10,16,18-19,21,25,27,30,32,37,40,46,49,54-56,60-61H,4-6,8-9,11-15,17,20,22-24,26,28-29,31,33-36,38-39,41-45,47-48,50-53H2,1-3H3,(H,59,62)/b10-7-,19-16-,21-18-,27-25-,32-30-,40-37-,49-46-. The van der Waals surface area contributed by atoms with Gasteiger partial charge in [-0.2, -0.15) is 0 Å². The average Bonchev–Trinajstić information content (AvgIpc) is 3.29. The van der Waals surface area contributed by atoms with Gasteiger partial charge in [0.05, 0.1) is 25.2 Å². The minimum absolute atomic E-state index is 0.0534. The van der Waals surface area contributed by atoms with E-state index in [0.29, 0.717) is 19.3 Å². The molecule has 0 rings (SSSR count). The first-order chi connectivity index (χ1) is 31.5. The van der Waals surface area contributed by atoms with Crippen LogP contribution in [-0.4, -0.2) is 46.9 Å². The molecule has 0 bridgehead atoms. The van der Waals surface area contributed by atoms with E-state index >= 15 is 0 Å². The topological polar surface area (TPSA) is 95.9 Å². The van der Waals surface area contributed by atoms with Crippen LogP contribution < -0.4 is 5.32 Å². The van der Waals surface area contributed by atoms with Crippen LogP contribution >= 0.6 is 0 Å². The number of aliphatic hydroxyl groups excluding tert-OH is 2. The van der Waals surface area contributed by atoms with Crippen LogP contribution in [0.3, 0.4) is 0 Å². The third kappa shape index (κ3) is 45.6. The van der Waals surface area contributed by atoms with Crippen LogP contribution in [0, 0.1) is 0 Å². The Bertz CT molecular complexity index is 1230. The highest BCUT2D eigenvalue weighted by molar-refractivity contribution is 5.78. The van der Waals surface area contributed by atoms with Crippen LogP contribution in [0.2, 0.25) is 0 Å². The Balaban J connectivity index is 4.73. The van der Waals surface area contributed by atoms with Gasteiger partial charge < -0.3 is 20.3 Å². The molecule has 3 unspecified atom stereocenters. The lowest BCUT2D eigenvalue weighted by Gasteiger charge is -2.23. The van der Waals surface area contributed by atoms with Crippen molar-refractivity contribution in [3.05, 3.63) is 85.1 Å². The lowest BCUT2D eigenvalue weighted by Crippen LogP contribution is -2.46. The Labute approximate surface area is 395 Å². The van der Waals surface area contributed by atoms with E-state index in [0.717, 1.165) is 83.5 Å². The van der Waals surface area contributed by atoms with E-state index < -0.39 is 18.2 Å². The Hall–Kier alpha value is -2.96. The highest BCUT2D eigenvalue weighted by Gasteiger charge is 2.23. The quantitative estimate of drug-likeness (QED) is 0.0321. The van der Waals surface area contributed by atoms with Crippen LogP contribution in [0.25, 0.3) is 0 Å². The highest BCUT2D eigenvalue weighted by atomic mass is 16.5. The first kappa shape index (κ1) is 61.0. The molecule has 6 heteroatoms. The summed E-state index contributed by atoms with van der Waals surface area (Å²) in [5.74, 6) is -0.642. The molecule has 0 aromatic rings. The first-order valence-corrected chi connectivity index (χ1v) is 26.8. The molecule has 3 atom stereocenters. The third-order valence-electron chi connectivity index (χ3n) is 11.7. The molecule has 1 amide bonds. The zero-order valence-electron chi connectivity index (χ0n) is 41.9. The summed E-state index contributed by atoms with van der Waals surface area (Å²) in [7, 11) is 0. The molecule has 0 radical (unpaired) electrons. The van der Waals surface area contributed by atoms with Gasteiger partial charge in [0, 0.05) is 6.42 Å². The molecule has 0 saturated carbocycles. The molecule has 0 fully saturated rings. The molecule has 0 heterocycles. The third-order valence-corrected chi connectivity index (χ3v) is 11.7. The maximum Gasteiger partial charge on any atom is 0.306 e. The number of rotatable bonds is 47. The Kier molecular flexibility index (Phi) is 48.7.